The molecule has 1 fully saturated rings. The highest BCUT2D eigenvalue weighted by atomic mass is 16.1. The second kappa shape index (κ2) is 5.29. The minimum absolute atomic E-state index is 0.421. The van der Waals surface area contributed by atoms with Crippen molar-refractivity contribution < 1.29 is 4.79 Å². The van der Waals surface area contributed by atoms with Gasteiger partial charge in [-0.2, -0.15) is 0 Å². The Labute approximate surface area is 108 Å². The van der Waals surface area contributed by atoms with E-state index in [1.807, 2.05) is 0 Å². The maximum Gasteiger partial charge on any atom is 0.248 e. The van der Waals surface area contributed by atoms with Gasteiger partial charge in [0, 0.05) is 11.6 Å². The number of rotatable bonds is 3. The van der Waals surface area contributed by atoms with Crippen LogP contribution in [0, 0.1) is 5.92 Å². The lowest BCUT2D eigenvalue weighted by atomic mass is 9.87. The van der Waals surface area contributed by atoms with Crippen LogP contribution in [0.25, 0.3) is 0 Å². The van der Waals surface area contributed by atoms with E-state index < -0.39 is 5.91 Å². The number of benzene rings is 1. The smallest absolute Gasteiger partial charge is 0.248 e. The first-order chi connectivity index (χ1) is 8.56. The van der Waals surface area contributed by atoms with Crippen molar-refractivity contribution in [1.29, 1.82) is 0 Å². The van der Waals surface area contributed by atoms with E-state index in [0.29, 0.717) is 17.3 Å². The van der Waals surface area contributed by atoms with E-state index in [0.717, 1.165) is 24.4 Å². The Bertz CT molecular complexity index is 437. The van der Waals surface area contributed by atoms with Gasteiger partial charge in [-0.15, -0.1) is 0 Å². The van der Waals surface area contributed by atoms with Gasteiger partial charge in [-0.05, 0) is 49.8 Å². The number of carbonyl (C=O) groups excluding carboxylic acids is 1. The topological polar surface area (TPSA) is 81.1 Å². The van der Waals surface area contributed by atoms with E-state index in [1.165, 1.54) is 12.8 Å². The van der Waals surface area contributed by atoms with Gasteiger partial charge >= 0.3 is 0 Å². The van der Waals surface area contributed by atoms with Gasteiger partial charge in [0.1, 0.15) is 0 Å². The molecule has 4 heteroatoms. The van der Waals surface area contributed by atoms with Crippen LogP contribution in [-0.4, -0.2) is 11.9 Å². The summed E-state index contributed by atoms with van der Waals surface area (Å²) in [5.41, 5.74) is 13.2. The zero-order valence-corrected chi connectivity index (χ0v) is 10.8. The fourth-order valence-electron chi connectivity index (χ4n) is 2.46. The van der Waals surface area contributed by atoms with Crippen LogP contribution < -0.4 is 16.8 Å². The number of nitrogens with one attached hydrogen (secondary N) is 1. The number of hydrogen-bond acceptors (Lipinski definition) is 3. The summed E-state index contributed by atoms with van der Waals surface area (Å²) in [5, 5.41) is 3.43. The van der Waals surface area contributed by atoms with Gasteiger partial charge in [0.25, 0.3) is 0 Å². The van der Waals surface area contributed by atoms with Crippen molar-refractivity contribution in [2.24, 2.45) is 11.7 Å². The van der Waals surface area contributed by atoms with Crippen molar-refractivity contribution in [3.8, 4) is 0 Å². The molecule has 1 aliphatic rings. The van der Waals surface area contributed by atoms with E-state index >= 15 is 0 Å². The van der Waals surface area contributed by atoms with Gasteiger partial charge in [-0.25, -0.2) is 0 Å². The van der Waals surface area contributed by atoms with Crippen molar-refractivity contribution in [2.45, 2.75) is 38.6 Å². The van der Waals surface area contributed by atoms with Crippen LogP contribution in [0.15, 0.2) is 18.2 Å². The number of primary amides is 1. The molecule has 98 valence electrons. The second-order valence-corrected chi connectivity index (χ2v) is 5.27. The molecule has 2 rings (SSSR count). The molecule has 1 aromatic carbocycles. The number of hydrogen-bond donors (Lipinski definition) is 3. The third-order valence-corrected chi connectivity index (χ3v) is 3.71. The predicted molar refractivity (Wildman–Crippen MR) is 74.4 cm³/mol. The molecule has 0 aliphatic heterocycles. The number of amides is 1. The van der Waals surface area contributed by atoms with Crippen LogP contribution >= 0.6 is 0 Å². The van der Waals surface area contributed by atoms with Crippen molar-refractivity contribution in [1.82, 2.24) is 0 Å². The van der Waals surface area contributed by atoms with E-state index in [2.05, 4.69) is 12.2 Å². The quantitative estimate of drug-likeness (QED) is 0.717. The average molecular weight is 247 g/mol. The predicted octanol–water partition coefficient (Wildman–Crippen LogP) is 2.36. The minimum Gasteiger partial charge on any atom is -0.397 e. The van der Waals surface area contributed by atoms with Crippen LogP contribution in [0.4, 0.5) is 11.4 Å². The highest BCUT2D eigenvalue weighted by Crippen LogP contribution is 2.28. The summed E-state index contributed by atoms with van der Waals surface area (Å²) in [6, 6.07) is 5.58. The first-order valence-electron chi connectivity index (χ1n) is 6.52. The lowest BCUT2D eigenvalue weighted by molar-refractivity contribution is 0.100. The molecular formula is C14H21N3O. The molecule has 0 radical (unpaired) electrons. The van der Waals surface area contributed by atoms with E-state index in [-0.39, 0.29) is 0 Å². The first kappa shape index (κ1) is 12.7. The fraction of sp³-hybridized carbons (Fsp3) is 0.500. The van der Waals surface area contributed by atoms with Gasteiger partial charge in [0.05, 0.1) is 11.4 Å². The Kier molecular flexibility index (Phi) is 3.75. The molecule has 4 nitrogen and oxygen atoms in total. The third-order valence-electron chi connectivity index (χ3n) is 3.71. The van der Waals surface area contributed by atoms with E-state index in [4.69, 9.17) is 11.5 Å². The van der Waals surface area contributed by atoms with Crippen molar-refractivity contribution >= 4 is 17.3 Å². The van der Waals surface area contributed by atoms with Gasteiger partial charge < -0.3 is 16.8 Å². The van der Waals surface area contributed by atoms with Crippen LogP contribution in [0.5, 0.6) is 0 Å². The Morgan fingerprint density at radius 1 is 1.28 bits per heavy atom. The maximum absolute atomic E-state index is 11.2. The van der Waals surface area contributed by atoms with Crippen molar-refractivity contribution in [3.05, 3.63) is 23.8 Å². The molecule has 0 heterocycles. The van der Waals surface area contributed by atoms with Crippen LogP contribution in [0.3, 0.4) is 0 Å². The number of nitrogens with two attached hydrogens (primary N) is 2. The van der Waals surface area contributed by atoms with Gasteiger partial charge in [-0.3, -0.25) is 4.79 Å². The van der Waals surface area contributed by atoms with Crippen LogP contribution in [-0.2, 0) is 0 Å². The molecule has 1 amide bonds. The van der Waals surface area contributed by atoms with Crippen molar-refractivity contribution in [3.63, 3.8) is 0 Å². The molecule has 0 unspecified atom stereocenters. The fourth-order valence-corrected chi connectivity index (χ4v) is 2.46. The first-order valence-corrected chi connectivity index (χ1v) is 6.52. The number of nitrogen functional groups attached to an aromatic ring is 1. The molecule has 0 bridgehead atoms. The normalized spacial score (nSPS) is 23.6. The number of carbonyl (C=O) groups is 1. The highest BCUT2D eigenvalue weighted by Gasteiger charge is 2.18. The summed E-state index contributed by atoms with van der Waals surface area (Å²) >= 11 is 0. The van der Waals surface area contributed by atoms with Gasteiger partial charge in [0.15, 0.2) is 0 Å². The van der Waals surface area contributed by atoms with Crippen LogP contribution in [0.1, 0.15) is 43.0 Å². The van der Waals surface area contributed by atoms with Gasteiger partial charge in [-0.1, -0.05) is 6.92 Å². The SMILES string of the molecule is CC1CCC(Nc2cc(C(N)=O)ccc2N)CC1. The molecule has 0 atom stereocenters. The molecule has 0 spiro atoms. The zero-order valence-electron chi connectivity index (χ0n) is 10.8. The molecule has 1 saturated carbocycles. The summed E-state index contributed by atoms with van der Waals surface area (Å²) in [6.07, 6.45) is 4.79. The molecule has 1 aliphatic carbocycles. The molecule has 1 aromatic rings. The molecular weight excluding hydrogens is 226 g/mol. The summed E-state index contributed by atoms with van der Waals surface area (Å²) in [4.78, 5) is 11.2. The lowest BCUT2D eigenvalue weighted by Crippen LogP contribution is -2.25. The van der Waals surface area contributed by atoms with Crippen molar-refractivity contribution in [2.75, 3.05) is 11.1 Å². The van der Waals surface area contributed by atoms with E-state index in [1.54, 1.807) is 18.2 Å². The molecule has 0 saturated heterocycles. The average Bonchev–Trinajstić information content (AvgIpc) is 2.34. The Hall–Kier alpha value is -1.71. The largest absolute Gasteiger partial charge is 0.397 e. The van der Waals surface area contributed by atoms with Gasteiger partial charge in [0.2, 0.25) is 5.91 Å². The summed E-state index contributed by atoms with van der Waals surface area (Å²) in [6.45, 7) is 2.29. The lowest BCUT2D eigenvalue weighted by Gasteiger charge is -2.28. The Balaban J connectivity index is 2.08. The van der Waals surface area contributed by atoms with Crippen LogP contribution in [0.2, 0.25) is 0 Å². The zero-order chi connectivity index (χ0) is 13.1. The minimum atomic E-state index is -0.421. The highest BCUT2D eigenvalue weighted by molar-refractivity contribution is 5.94. The molecule has 0 aromatic heterocycles. The van der Waals surface area contributed by atoms with E-state index in [9.17, 15) is 4.79 Å². The molecule has 18 heavy (non-hydrogen) atoms. The summed E-state index contributed by atoms with van der Waals surface area (Å²) in [5.74, 6) is 0.396. The Morgan fingerprint density at radius 3 is 2.56 bits per heavy atom. The summed E-state index contributed by atoms with van der Waals surface area (Å²) < 4.78 is 0. The monoisotopic (exact) mass is 247 g/mol. The third kappa shape index (κ3) is 2.94. The second-order valence-electron chi connectivity index (χ2n) is 5.27. The Morgan fingerprint density at radius 2 is 1.94 bits per heavy atom. The molecule has 5 N–H and O–H groups in total. The maximum atomic E-state index is 11.2. The number of anilines is 2. The standard InChI is InChI=1S/C14H21N3O/c1-9-2-5-11(6-3-9)17-13-8-10(14(16)18)4-7-12(13)15/h4,7-9,11,17H,2-3,5-6,15H2,1H3,(H2,16,18). The summed E-state index contributed by atoms with van der Waals surface area (Å²) in [7, 11) is 0.